The van der Waals surface area contributed by atoms with Gasteiger partial charge in [-0.05, 0) is 44.7 Å². The highest BCUT2D eigenvalue weighted by molar-refractivity contribution is 6.31. The van der Waals surface area contributed by atoms with Crippen LogP contribution < -0.4 is 4.90 Å². The number of aryl methyl sites for hydroxylation is 1. The molecule has 3 heterocycles. The molecule has 1 aliphatic rings. The molecule has 0 radical (unpaired) electrons. The van der Waals surface area contributed by atoms with E-state index in [1.807, 2.05) is 13.8 Å². The Morgan fingerprint density at radius 2 is 1.57 bits per heavy atom. The molecule has 2 aromatic heterocycles. The maximum atomic E-state index is 6.18. The number of nitrogens with zero attached hydrogens (tertiary/aromatic N) is 6. The second-order valence-corrected chi connectivity index (χ2v) is 5.86. The lowest BCUT2D eigenvalue weighted by Gasteiger charge is -2.26. The molecule has 1 saturated heterocycles. The van der Waals surface area contributed by atoms with Crippen LogP contribution in [0.4, 0.5) is 5.95 Å². The summed E-state index contributed by atoms with van der Waals surface area (Å²) in [5.41, 5.74) is 1.53. The van der Waals surface area contributed by atoms with Gasteiger partial charge in [0.05, 0.1) is 16.4 Å². The monoisotopic (exact) mass is 326 g/mol. The van der Waals surface area contributed by atoms with Crippen LogP contribution in [0.5, 0.6) is 0 Å². The molecule has 0 N–H and O–H groups in total. The first-order chi connectivity index (χ1) is 10.1. The van der Waals surface area contributed by atoms with Gasteiger partial charge in [0.25, 0.3) is 5.95 Å². The van der Waals surface area contributed by atoms with E-state index in [4.69, 9.17) is 23.2 Å². The van der Waals surface area contributed by atoms with E-state index in [0.29, 0.717) is 16.9 Å². The van der Waals surface area contributed by atoms with Gasteiger partial charge in [-0.1, -0.05) is 11.6 Å². The van der Waals surface area contributed by atoms with Crippen molar-refractivity contribution < 1.29 is 0 Å². The molecule has 0 bridgehead atoms. The molecule has 0 atom stereocenters. The minimum Gasteiger partial charge on any atom is -0.341 e. The molecule has 3 rings (SSSR count). The van der Waals surface area contributed by atoms with Crippen LogP contribution in [0.2, 0.25) is 10.3 Å². The Kier molecular flexibility index (Phi) is 3.99. The fourth-order valence-corrected chi connectivity index (χ4v) is 2.75. The van der Waals surface area contributed by atoms with Gasteiger partial charge in [-0.25, -0.2) is 4.68 Å². The largest absolute Gasteiger partial charge is 0.341 e. The highest BCUT2D eigenvalue weighted by atomic mass is 35.5. The predicted molar refractivity (Wildman–Crippen MR) is 82.5 cm³/mol. The van der Waals surface area contributed by atoms with Gasteiger partial charge in [-0.3, -0.25) is 0 Å². The molecule has 1 aliphatic heterocycles. The van der Waals surface area contributed by atoms with E-state index < -0.39 is 0 Å². The molecule has 21 heavy (non-hydrogen) atoms. The average molecular weight is 327 g/mol. The number of halogens is 2. The Morgan fingerprint density at radius 3 is 2.19 bits per heavy atom. The molecular formula is C13H16Cl2N6. The summed E-state index contributed by atoms with van der Waals surface area (Å²) >= 11 is 12.2. The maximum Gasteiger partial charge on any atom is 0.256 e. The van der Waals surface area contributed by atoms with Crippen molar-refractivity contribution in [1.82, 2.24) is 24.7 Å². The van der Waals surface area contributed by atoms with Crippen molar-refractivity contribution in [3.63, 3.8) is 0 Å². The summed E-state index contributed by atoms with van der Waals surface area (Å²) in [6.07, 6.45) is 3.53. The lowest BCUT2D eigenvalue weighted by molar-refractivity contribution is 0.565. The third-order valence-electron chi connectivity index (χ3n) is 3.62. The van der Waals surface area contributed by atoms with Gasteiger partial charge in [-0.15, -0.1) is 0 Å². The molecule has 0 aliphatic carbocycles. The number of aromatic nitrogens is 5. The van der Waals surface area contributed by atoms with Gasteiger partial charge in [0, 0.05) is 13.1 Å². The number of piperidine rings is 1. The molecule has 0 amide bonds. The average Bonchev–Trinajstić information content (AvgIpc) is 2.75. The first-order valence-corrected chi connectivity index (χ1v) is 7.70. The van der Waals surface area contributed by atoms with Crippen molar-refractivity contribution in [3.8, 4) is 5.95 Å². The Morgan fingerprint density at radius 1 is 0.905 bits per heavy atom. The molecule has 112 valence electrons. The van der Waals surface area contributed by atoms with E-state index in [-0.39, 0.29) is 5.28 Å². The second kappa shape index (κ2) is 5.77. The van der Waals surface area contributed by atoms with Crippen molar-refractivity contribution in [2.75, 3.05) is 18.0 Å². The topological polar surface area (TPSA) is 59.7 Å². The second-order valence-electron chi connectivity index (χ2n) is 5.15. The van der Waals surface area contributed by atoms with Crippen LogP contribution in [0.3, 0.4) is 0 Å². The fourth-order valence-electron chi connectivity index (χ4n) is 2.48. The molecule has 0 aromatic carbocycles. The molecule has 0 saturated carbocycles. The van der Waals surface area contributed by atoms with Crippen molar-refractivity contribution in [1.29, 1.82) is 0 Å². The van der Waals surface area contributed by atoms with Crippen LogP contribution >= 0.6 is 23.2 Å². The molecule has 0 spiro atoms. The van der Waals surface area contributed by atoms with Gasteiger partial charge < -0.3 is 4.90 Å². The third kappa shape index (κ3) is 2.82. The summed E-state index contributed by atoms with van der Waals surface area (Å²) in [5, 5.41) is 5.15. The maximum absolute atomic E-state index is 6.18. The van der Waals surface area contributed by atoms with E-state index in [1.54, 1.807) is 4.68 Å². The van der Waals surface area contributed by atoms with Crippen LogP contribution in [0.25, 0.3) is 5.95 Å². The van der Waals surface area contributed by atoms with Crippen LogP contribution in [0.15, 0.2) is 0 Å². The predicted octanol–water partition coefficient (Wildman–Crippen LogP) is 2.97. The fraction of sp³-hybridized carbons (Fsp3) is 0.538. The number of rotatable bonds is 2. The Balaban J connectivity index is 2.02. The molecule has 6 nitrogen and oxygen atoms in total. The van der Waals surface area contributed by atoms with Gasteiger partial charge in [-0.2, -0.15) is 20.1 Å². The summed E-state index contributed by atoms with van der Waals surface area (Å²) in [7, 11) is 0. The Hall–Kier alpha value is -1.40. The third-order valence-corrected chi connectivity index (χ3v) is 4.33. The number of hydrogen-bond donors (Lipinski definition) is 0. The zero-order chi connectivity index (χ0) is 15.0. The van der Waals surface area contributed by atoms with E-state index >= 15 is 0 Å². The Labute approximate surface area is 133 Å². The Bertz CT molecular complexity index is 663. The summed E-state index contributed by atoms with van der Waals surface area (Å²) in [5.74, 6) is 1.01. The first kappa shape index (κ1) is 14.5. The molecule has 1 fully saturated rings. The van der Waals surface area contributed by atoms with Gasteiger partial charge in [0.15, 0.2) is 0 Å². The zero-order valence-corrected chi connectivity index (χ0v) is 13.5. The van der Waals surface area contributed by atoms with E-state index in [1.165, 1.54) is 6.42 Å². The van der Waals surface area contributed by atoms with Gasteiger partial charge >= 0.3 is 0 Å². The first-order valence-electron chi connectivity index (χ1n) is 6.95. The molecular weight excluding hydrogens is 311 g/mol. The number of anilines is 1. The van der Waals surface area contributed by atoms with E-state index in [2.05, 4.69) is 25.0 Å². The zero-order valence-electron chi connectivity index (χ0n) is 12.0. The van der Waals surface area contributed by atoms with Crippen LogP contribution in [0, 0.1) is 13.8 Å². The van der Waals surface area contributed by atoms with Gasteiger partial charge in [0.1, 0.15) is 0 Å². The van der Waals surface area contributed by atoms with Crippen molar-refractivity contribution in [2.24, 2.45) is 0 Å². The standard InChI is InChI=1S/C13H16Cl2N6/c1-8-10(14)9(2)21(19-8)13-17-11(15)16-12(18-13)20-6-4-3-5-7-20/h3-7H2,1-2H3. The number of hydrogen-bond acceptors (Lipinski definition) is 5. The van der Waals surface area contributed by atoms with Crippen LogP contribution in [-0.4, -0.2) is 37.8 Å². The SMILES string of the molecule is Cc1nn(-c2nc(Cl)nc(N3CCCCC3)n2)c(C)c1Cl. The summed E-state index contributed by atoms with van der Waals surface area (Å²) in [6.45, 7) is 5.61. The summed E-state index contributed by atoms with van der Waals surface area (Å²) in [4.78, 5) is 15.0. The molecule has 8 heteroatoms. The van der Waals surface area contributed by atoms with E-state index in [9.17, 15) is 0 Å². The van der Waals surface area contributed by atoms with Crippen LogP contribution in [0.1, 0.15) is 30.7 Å². The quantitative estimate of drug-likeness (QED) is 0.849. The molecule has 2 aromatic rings. The van der Waals surface area contributed by atoms with Gasteiger partial charge in [0.2, 0.25) is 11.2 Å². The van der Waals surface area contributed by atoms with E-state index in [0.717, 1.165) is 37.3 Å². The van der Waals surface area contributed by atoms with Crippen molar-refractivity contribution >= 4 is 29.2 Å². The normalized spacial score (nSPS) is 15.5. The van der Waals surface area contributed by atoms with Crippen LogP contribution in [-0.2, 0) is 0 Å². The molecule has 0 unspecified atom stereocenters. The smallest absolute Gasteiger partial charge is 0.256 e. The minimum atomic E-state index is 0.171. The highest BCUT2D eigenvalue weighted by Crippen LogP contribution is 2.23. The lowest BCUT2D eigenvalue weighted by atomic mass is 10.1. The highest BCUT2D eigenvalue weighted by Gasteiger charge is 2.18. The minimum absolute atomic E-state index is 0.171. The summed E-state index contributed by atoms with van der Waals surface area (Å²) < 4.78 is 1.61. The van der Waals surface area contributed by atoms with Crippen molar-refractivity contribution in [3.05, 3.63) is 21.7 Å². The van der Waals surface area contributed by atoms with Crippen molar-refractivity contribution in [2.45, 2.75) is 33.1 Å². The summed E-state index contributed by atoms with van der Waals surface area (Å²) in [6, 6.07) is 0. The lowest BCUT2D eigenvalue weighted by Crippen LogP contribution is -2.31.